The highest BCUT2D eigenvalue weighted by Gasteiger charge is 2.29. The summed E-state index contributed by atoms with van der Waals surface area (Å²) >= 11 is 0. The van der Waals surface area contributed by atoms with Crippen molar-refractivity contribution in [1.82, 2.24) is 5.32 Å². The molecule has 3 atom stereocenters. The second-order valence-corrected chi connectivity index (χ2v) is 4.20. The summed E-state index contributed by atoms with van der Waals surface area (Å²) in [4.78, 5) is 11.9. The van der Waals surface area contributed by atoms with Gasteiger partial charge in [-0.05, 0) is 32.7 Å². The molecule has 2 nitrogen and oxygen atoms in total. The normalized spacial score (nSPS) is 31.3. The van der Waals surface area contributed by atoms with E-state index in [4.69, 9.17) is 0 Å². The SMILES string of the molecule is CCC(C)C(=O)C1CCCNC1C. The van der Waals surface area contributed by atoms with E-state index < -0.39 is 0 Å². The quantitative estimate of drug-likeness (QED) is 0.725. The monoisotopic (exact) mass is 183 g/mol. The van der Waals surface area contributed by atoms with E-state index in [0.29, 0.717) is 11.8 Å². The largest absolute Gasteiger partial charge is 0.314 e. The van der Waals surface area contributed by atoms with Crippen LogP contribution in [0.4, 0.5) is 0 Å². The minimum absolute atomic E-state index is 0.243. The average molecular weight is 183 g/mol. The molecule has 0 aromatic rings. The van der Waals surface area contributed by atoms with Crippen molar-refractivity contribution >= 4 is 5.78 Å². The zero-order valence-corrected chi connectivity index (χ0v) is 8.97. The van der Waals surface area contributed by atoms with Crippen LogP contribution in [0.1, 0.15) is 40.0 Å². The first-order valence-corrected chi connectivity index (χ1v) is 5.44. The third-order valence-electron chi connectivity index (χ3n) is 3.23. The fourth-order valence-corrected chi connectivity index (χ4v) is 2.00. The van der Waals surface area contributed by atoms with Gasteiger partial charge in [0.25, 0.3) is 0 Å². The molecule has 0 aliphatic carbocycles. The number of Topliss-reactive ketones (excluding diaryl/α,β-unsaturated/α-hetero) is 1. The van der Waals surface area contributed by atoms with Gasteiger partial charge in [-0.2, -0.15) is 0 Å². The van der Waals surface area contributed by atoms with Gasteiger partial charge in [-0.3, -0.25) is 4.79 Å². The van der Waals surface area contributed by atoms with Crippen LogP contribution < -0.4 is 5.32 Å². The molecule has 1 fully saturated rings. The molecule has 3 unspecified atom stereocenters. The van der Waals surface area contributed by atoms with Gasteiger partial charge in [0.05, 0.1) is 0 Å². The van der Waals surface area contributed by atoms with Gasteiger partial charge in [-0.1, -0.05) is 13.8 Å². The molecule has 0 spiro atoms. The summed E-state index contributed by atoms with van der Waals surface area (Å²) in [5, 5.41) is 3.37. The zero-order chi connectivity index (χ0) is 9.84. The molecule has 0 amide bonds. The number of piperidine rings is 1. The van der Waals surface area contributed by atoms with E-state index in [9.17, 15) is 4.79 Å². The molecule has 1 N–H and O–H groups in total. The van der Waals surface area contributed by atoms with Gasteiger partial charge >= 0.3 is 0 Å². The molecule has 1 aliphatic heterocycles. The minimum atomic E-state index is 0.243. The summed E-state index contributed by atoms with van der Waals surface area (Å²) in [5.41, 5.74) is 0. The predicted molar refractivity (Wildman–Crippen MR) is 54.7 cm³/mol. The van der Waals surface area contributed by atoms with Gasteiger partial charge < -0.3 is 5.32 Å². The summed E-state index contributed by atoms with van der Waals surface area (Å²) in [6.45, 7) is 7.34. The Morgan fingerprint density at radius 1 is 1.62 bits per heavy atom. The van der Waals surface area contributed by atoms with E-state index in [1.165, 1.54) is 0 Å². The van der Waals surface area contributed by atoms with E-state index in [1.54, 1.807) is 0 Å². The smallest absolute Gasteiger partial charge is 0.140 e. The van der Waals surface area contributed by atoms with Gasteiger partial charge in [-0.15, -0.1) is 0 Å². The Morgan fingerprint density at radius 2 is 2.31 bits per heavy atom. The topological polar surface area (TPSA) is 29.1 Å². The maximum Gasteiger partial charge on any atom is 0.140 e. The number of hydrogen-bond donors (Lipinski definition) is 1. The first kappa shape index (κ1) is 10.7. The van der Waals surface area contributed by atoms with E-state index in [-0.39, 0.29) is 11.8 Å². The van der Waals surface area contributed by atoms with Crippen molar-refractivity contribution < 1.29 is 4.79 Å². The Hall–Kier alpha value is -0.370. The Labute approximate surface area is 81.1 Å². The fraction of sp³-hybridized carbons (Fsp3) is 0.909. The van der Waals surface area contributed by atoms with E-state index in [0.717, 1.165) is 25.8 Å². The molecule has 0 aromatic carbocycles. The van der Waals surface area contributed by atoms with Crippen LogP contribution in [0.15, 0.2) is 0 Å². The van der Waals surface area contributed by atoms with Crippen molar-refractivity contribution in [1.29, 1.82) is 0 Å². The predicted octanol–water partition coefficient (Wildman–Crippen LogP) is 1.99. The molecule has 1 rings (SSSR count). The third kappa shape index (κ3) is 2.53. The van der Waals surface area contributed by atoms with Crippen molar-refractivity contribution in [2.45, 2.75) is 46.1 Å². The molecular weight excluding hydrogens is 162 g/mol. The van der Waals surface area contributed by atoms with E-state index in [2.05, 4.69) is 19.2 Å². The van der Waals surface area contributed by atoms with Crippen LogP contribution in [-0.4, -0.2) is 18.4 Å². The van der Waals surface area contributed by atoms with Crippen molar-refractivity contribution in [3.05, 3.63) is 0 Å². The molecule has 0 saturated carbocycles. The number of carbonyl (C=O) groups is 1. The zero-order valence-electron chi connectivity index (χ0n) is 8.97. The van der Waals surface area contributed by atoms with Crippen LogP contribution in [0.5, 0.6) is 0 Å². The lowest BCUT2D eigenvalue weighted by Gasteiger charge is -2.30. The maximum absolute atomic E-state index is 11.9. The molecule has 2 heteroatoms. The lowest BCUT2D eigenvalue weighted by Crippen LogP contribution is -2.44. The highest BCUT2D eigenvalue weighted by atomic mass is 16.1. The van der Waals surface area contributed by atoms with Crippen LogP contribution in [0.25, 0.3) is 0 Å². The van der Waals surface area contributed by atoms with Crippen molar-refractivity contribution in [3.8, 4) is 0 Å². The molecule has 0 bridgehead atoms. The molecule has 13 heavy (non-hydrogen) atoms. The number of hydrogen-bond acceptors (Lipinski definition) is 2. The summed E-state index contributed by atoms with van der Waals surface area (Å²) in [5.74, 6) is 0.971. The highest BCUT2D eigenvalue weighted by Crippen LogP contribution is 2.21. The molecule has 1 aliphatic rings. The van der Waals surface area contributed by atoms with Crippen LogP contribution in [-0.2, 0) is 4.79 Å². The molecular formula is C11H21NO. The molecule has 76 valence electrons. The Balaban J connectivity index is 2.53. The first-order valence-electron chi connectivity index (χ1n) is 5.44. The minimum Gasteiger partial charge on any atom is -0.314 e. The second kappa shape index (κ2) is 4.75. The Morgan fingerprint density at radius 3 is 2.85 bits per heavy atom. The summed E-state index contributed by atoms with van der Waals surface area (Å²) in [6, 6.07) is 0.384. The number of nitrogens with one attached hydrogen (secondary N) is 1. The van der Waals surface area contributed by atoms with E-state index >= 15 is 0 Å². The first-order chi connectivity index (χ1) is 6.16. The van der Waals surface area contributed by atoms with Gasteiger partial charge in [0.2, 0.25) is 0 Å². The summed E-state index contributed by atoms with van der Waals surface area (Å²) < 4.78 is 0. The highest BCUT2D eigenvalue weighted by molar-refractivity contribution is 5.83. The van der Waals surface area contributed by atoms with Crippen LogP contribution in [0.2, 0.25) is 0 Å². The Bertz CT molecular complexity index is 179. The molecule has 0 aromatic heterocycles. The standard InChI is InChI=1S/C11H21NO/c1-4-8(2)11(13)10-6-5-7-12-9(10)3/h8-10,12H,4-7H2,1-3H3. The van der Waals surface area contributed by atoms with Crippen LogP contribution >= 0.6 is 0 Å². The van der Waals surface area contributed by atoms with Crippen molar-refractivity contribution in [2.24, 2.45) is 11.8 Å². The number of carbonyl (C=O) groups excluding carboxylic acids is 1. The molecule has 1 heterocycles. The lowest BCUT2D eigenvalue weighted by molar-refractivity contribution is -0.127. The van der Waals surface area contributed by atoms with Crippen LogP contribution in [0, 0.1) is 11.8 Å². The van der Waals surface area contributed by atoms with E-state index in [1.807, 2.05) is 6.92 Å². The fourth-order valence-electron chi connectivity index (χ4n) is 2.00. The summed E-state index contributed by atoms with van der Waals surface area (Å²) in [7, 11) is 0. The molecule has 0 radical (unpaired) electrons. The Kier molecular flexibility index (Phi) is 3.91. The molecule has 1 saturated heterocycles. The summed E-state index contributed by atoms with van der Waals surface area (Å²) in [6.07, 6.45) is 3.20. The van der Waals surface area contributed by atoms with Gasteiger partial charge in [-0.25, -0.2) is 0 Å². The van der Waals surface area contributed by atoms with Crippen molar-refractivity contribution in [2.75, 3.05) is 6.54 Å². The third-order valence-corrected chi connectivity index (χ3v) is 3.23. The number of rotatable bonds is 3. The average Bonchev–Trinajstić information content (AvgIpc) is 2.16. The number of ketones is 1. The lowest BCUT2D eigenvalue weighted by atomic mass is 9.82. The van der Waals surface area contributed by atoms with Gasteiger partial charge in [0.1, 0.15) is 5.78 Å². The second-order valence-electron chi connectivity index (χ2n) is 4.20. The van der Waals surface area contributed by atoms with Gasteiger partial charge in [0, 0.05) is 17.9 Å². The van der Waals surface area contributed by atoms with Crippen molar-refractivity contribution in [3.63, 3.8) is 0 Å². The van der Waals surface area contributed by atoms with Gasteiger partial charge in [0.15, 0.2) is 0 Å². The maximum atomic E-state index is 11.9. The van der Waals surface area contributed by atoms with Crippen LogP contribution in [0.3, 0.4) is 0 Å².